The second-order valence-electron chi connectivity index (χ2n) is 11.5. The molecule has 0 unspecified atom stereocenters. The molecule has 0 bridgehead atoms. The maximum atomic E-state index is 13.7. The van der Waals surface area contributed by atoms with Gasteiger partial charge < -0.3 is 20.5 Å². The first kappa shape index (κ1) is 28.4. The number of pyridine rings is 1. The summed E-state index contributed by atoms with van der Waals surface area (Å²) >= 11 is 0. The zero-order valence-electron chi connectivity index (χ0n) is 24.8. The normalized spacial score (nSPS) is 20.1. The van der Waals surface area contributed by atoms with Gasteiger partial charge in [0.25, 0.3) is 11.5 Å². The van der Waals surface area contributed by atoms with Crippen LogP contribution in [0.1, 0.15) is 72.3 Å². The van der Waals surface area contributed by atoms with Crippen LogP contribution in [0.15, 0.2) is 23.1 Å². The zero-order chi connectivity index (χ0) is 28.4. The van der Waals surface area contributed by atoms with Gasteiger partial charge in [0.05, 0.1) is 17.4 Å². The Hall–Kier alpha value is -3.17. The van der Waals surface area contributed by atoms with Gasteiger partial charge in [0.2, 0.25) is 0 Å². The standard InChI is InChI=1S/C31H45N7O2/c1-6-24-25(30(39)33-18-26-20(3)16-21(4)35-31(26)40)17-28-27(19-34-36(28)5)29(24)38(7-2)23-10-8-22(9-11-23)37-14-12-32-13-15-37/h16-17,19,22-23,32H,6-15,18H2,1-5H3,(H,33,39)(H,35,40). The average Bonchev–Trinajstić information content (AvgIpc) is 3.33. The Morgan fingerprint density at radius 2 is 1.82 bits per heavy atom. The quantitative estimate of drug-likeness (QED) is 0.400. The lowest BCUT2D eigenvalue weighted by atomic mass is 9.87. The predicted molar refractivity (Wildman–Crippen MR) is 161 cm³/mol. The lowest BCUT2D eigenvalue weighted by molar-refractivity contribution is 0.0950. The number of fused-ring (bicyclic) bond motifs is 1. The molecule has 9 heteroatoms. The summed E-state index contributed by atoms with van der Waals surface area (Å²) in [5.74, 6) is -0.154. The molecule has 1 saturated heterocycles. The molecule has 1 aliphatic heterocycles. The van der Waals surface area contributed by atoms with Crippen molar-refractivity contribution >= 4 is 22.5 Å². The predicted octanol–water partition coefficient (Wildman–Crippen LogP) is 3.41. The van der Waals surface area contributed by atoms with Crippen LogP contribution in [0.4, 0.5) is 5.69 Å². The molecule has 3 heterocycles. The van der Waals surface area contributed by atoms with Crippen LogP contribution in [0.5, 0.6) is 0 Å². The maximum Gasteiger partial charge on any atom is 0.253 e. The molecule has 1 aromatic carbocycles. The van der Waals surface area contributed by atoms with Crippen molar-refractivity contribution in [1.82, 2.24) is 30.3 Å². The van der Waals surface area contributed by atoms with E-state index in [2.05, 4.69) is 44.4 Å². The van der Waals surface area contributed by atoms with E-state index in [1.165, 1.54) is 12.8 Å². The van der Waals surface area contributed by atoms with E-state index in [0.29, 0.717) is 23.2 Å². The smallest absolute Gasteiger partial charge is 0.253 e. The summed E-state index contributed by atoms with van der Waals surface area (Å²) in [4.78, 5) is 34.4. The number of nitrogens with one attached hydrogen (secondary N) is 3. The number of benzene rings is 1. The molecule has 40 heavy (non-hydrogen) atoms. The summed E-state index contributed by atoms with van der Waals surface area (Å²) < 4.78 is 1.86. The third kappa shape index (κ3) is 5.54. The van der Waals surface area contributed by atoms with Gasteiger partial charge in [-0.15, -0.1) is 0 Å². The molecular formula is C31H45N7O2. The second-order valence-corrected chi connectivity index (χ2v) is 11.5. The Bertz CT molecular complexity index is 1410. The second kappa shape index (κ2) is 12.1. The number of carbonyl (C=O) groups excluding carboxylic acids is 1. The number of rotatable bonds is 8. The molecule has 2 fully saturated rings. The minimum absolute atomic E-state index is 0.148. The molecule has 216 valence electrons. The Balaban J connectivity index is 1.44. The van der Waals surface area contributed by atoms with Crippen LogP contribution < -0.4 is 21.1 Å². The minimum atomic E-state index is -0.154. The third-order valence-electron chi connectivity index (χ3n) is 9.05. The maximum absolute atomic E-state index is 13.7. The van der Waals surface area contributed by atoms with E-state index >= 15 is 0 Å². The highest BCUT2D eigenvalue weighted by Crippen LogP contribution is 2.38. The average molecular weight is 548 g/mol. The summed E-state index contributed by atoms with van der Waals surface area (Å²) in [5, 5.41) is 12.2. The molecule has 0 atom stereocenters. The van der Waals surface area contributed by atoms with Gasteiger partial charge in [-0.3, -0.25) is 19.2 Å². The first-order valence-corrected chi connectivity index (χ1v) is 15.0. The van der Waals surface area contributed by atoms with Crippen molar-refractivity contribution in [3.05, 3.63) is 56.6 Å². The van der Waals surface area contributed by atoms with Gasteiger partial charge in [-0.25, -0.2) is 0 Å². The molecule has 1 saturated carbocycles. The first-order chi connectivity index (χ1) is 19.3. The molecule has 9 nitrogen and oxygen atoms in total. The van der Waals surface area contributed by atoms with Gasteiger partial charge in [0.1, 0.15) is 0 Å². The number of H-pyrrole nitrogens is 1. The van der Waals surface area contributed by atoms with Gasteiger partial charge in [-0.1, -0.05) is 6.92 Å². The van der Waals surface area contributed by atoms with Crippen LogP contribution in [0.2, 0.25) is 0 Å². The van der Waals surface area contributed by atoms with Crippen molar-refractivity contribution < 1.29 is 4.79 Å². The molecule has 3 N–H and O–H groups in total. The number of amides is 1. The van der Waals surface area contributed by atoms with Crippen LogP contribution in [-0.2, 0) is 20.0 Å². The van der Waals surface area contributed by atoms with Crippen LogP contribution in [0.3, 0.4) is 0 Å². The van der Waals surface area contributed by atoms with Crippen molar-refractivity contribution in [3.8, 4) is 0 Å². The van der Waals surface area contributed by atoms with Crippen molar-refractivity contribution in [2.24, 2.45) is 7.05 Å². The van der Waals surface area contributed by atoms with Crippen LogP contribution >= 0.6 is 0 Å². The molecular weight excluding hydrogens is 502 g/mol. The highest BCUT2D eigenvalue weighted by Gasteiger charge is 2.32. The summed E-state index contributed by atoms with van der Waals surface area (Å²) in [6.45, 7) is 13.7. The topological polar surface area (TPSA) is 98.3 Å². The van der Waals surface area contributed by atoms with E-state index in [0.717, 1.165) is 85.4 Å². The van der Waals surface area contributed by atoms with E-state index in [9.17, 15) is 9.59 Å². The first-order valence-electron chi connectivity index (χ1n) is 15.0. The van der Waals surface area contributed by atoms with Crippen molar-refractivity contribution in [1.29, 1.82) is 0 Å². The largest absolute Gasteiger partial charge is 0.368 e. The highest BCUT2D eigenvalue weighted by molar-refractivity contribution is 6.05. The molecule has 3 aromatic rings. The third-order valence-corrected chi connectivity index (χ3v) is 9.05. The SMILES string of the molecule is CCc1c(C(=O)NCc2c(C)cc(C)[nH]c2=O)cc2c(cnn2C)c1N(CC)C1CCC(N2CCNCC2)CC1. The number of aryl methyl sites for hydroxylation is 3. The van der Waals surface area contributed by atoms with Gasteiger partial charge in [-0.2, -0.15) is 5.10 Å². The Kier molecular flexibility index (Phi) is 8.61. The van der Waals surface area contributed by atoms with Crippen molar-refractivity contribution in [3.63, 3.8) is 0 Å². The van der Waals surface area contributed by atoms with Crippen molar-refractivity contribution in [2.45, 2.75) is 78.4 Å². The molecule has 5 rings (SSSR count). The number of hydrogen-bond donors (Lipinski definition) is 3. The summed E-state index contributed by atoms with van der Waals surface area (Å²) in [6.07, 6.45) is 7.42. The van der Waals surface area contributed by atoms with Gasteiger partial charge in [0, 0.05) is 80.6 Å². The van der Waals surface area contributed by atoms with E-state index < -0.39 is 0 Å². The lowest BCUT2D eigenvalue weighted by Crippen LogP contribution is -2.51. The van der Waals surface area contributed by atoms with Crippen molar-refractivity contribution in [2.75, 3.05) is 37.6 Å². The fourth-order valence-electron chi connectivity index (χ4n) is 6.95. The Morgan fingerprint density at radius 1 is 1.10 bits per heavy atom. The Labute approximate surface area is 237 Å². The number of nitrogens with zero attached hydrogens (tertiary/aromatic N) is 4. The minimum Gasteiger partial charge on any atom is -0.368 e. The number of piperazine rings is 1. The van der Waals surface area contributed by atoms with Crippen LogP contribution in [-0.4, -0.2) is 70.4 Å². The number of carbonyl (C=O) groups is 1. The molecule has 1 amide bonds. The van der Waals surface area contributed by atoms with Gasteiger partial charge in [0.15, 0.2) is 0 Å². The Morgan fingerprint density at radius 3 is 2.48 bits per heavy atom. The fourth-order valence-corrected chi connectivity index (χ4v) is 6.95. The number of aromatic amines is 1. The van der Waals surface area contributed by atoms with E-state index in [-0.39, 0.29) is 18.0 Å². The molecule has 2 aliphatic rings. The van der Waals surface area contributed by atoms with Gasteiger partial charge in [-0.05, 0) is 76.1 Å². The number of hydrogen-bond acceptors (Lipinski definition) is 6. The molecule has 0 spiro atoms. The summed E-state index contributed by atoms with van der Waals surface area (Å²) in [5.41, 5.74) is 5.97. The molecule has 2 aromatic heterocycles. The van der Waals surface area contributed by atoms with Gasteiger partial charge >= 0.3 is 0 Å². The molecule has 1 aliphatic carbocycles. The number of aromatic nitrogens is 3. The van der Waals surface area contributed by atoms with Crippen LogP contribution in [0, 0.1) is 13.8 Å². The fraction of sp³-hybridized carbons (Fsp3) is 0.581. The summed E-state index contributed by atoms with van der Waals surface area (Å²) in [7, 11) is 1.93. The van der Waals surface area contributed by atoms with E-state index in [1.807, 2.05) is 43.9 Å². The summed E-state index contributed by atoms with van der Waals surface area (Å²) in [6, 6.07) is 5.02. The lowest BCUT2D eigenvalue weighted by Gasteiger charge is -2.43. The van der Waals surface area contributed by atoms with E-state index in [1.54, 1.807) is 0 Å². The number of anilines is 1. The van der Waals surface area contributed by atoms with Crippen LogP contribution in [0.25, 0.3) is 10.9 Å². The zero-order valence-corrected chi connectivity index (χ0v) is 24.8. The van der Waals surface area contributed by atoms with E-state index in [4.69, 9.17) is 0 Å². The highest BCUT2D eigenvalue weighted by atomic mass is 16.1. The monoisotopic (exact) mass is 547 g/mol. The molecule has 0 radical (unpaired) electrons.